The second-order valence-corrected chi connectivity index (χ2v) is 23.1. The molecule has 3 aromatic heterocycles. The van der Waals surface area contributed by atoms with E-state index >= 15 is 0 Å². The molecule has 5 heteroatoms. The second-order valence-electron chi connectivity index (χ2n) is 23.1. The lowest BCUT2D eigenvalue weighted by atomic mass is 9.84. The fourth-order valence-corrected chi connectivity index (χ4v) is 11.7. The third kappa shape index (κ3) is 8.76. The van der Waals surface area contributed by atoms with Gasteiger partial charge in [0.25, 0.3) is 6.33 Å². The van der Waals surface area contributed by atoms with Crippen molar-refractivity contribution in [3.63, 3.8) is 0 Å². The van der Waals surface area contributed by atoms with Crippen LogP contribution in [-0.2, 0) is 10.8 Å². The van der Waals surface area contributed by atoms with Crippen LogP contribution in [0, 0.1) is 33.7 Å². The molecule has 0 spiro atoms. The summed E-state index contributed by atoms with van der Waals surface area (Å²) in [5.41, 5.74) is 0.341. The van der Waals surface area contributed by atoms with Crippen LogP contribution in [0.25, 0.3) is 117 Å². The monoisotopic (exact) mass is 1090 g/mol. The Balaban J connectivity index is 1.17. The van der Waals surface area contributed by atoms with E-state index < -0.39 is 92.3 Å². The number of imidazole rings is 1. The van der Waals surface area contributed by atoms with Gasteiger partial charge in [0.05, 0.1) is 44.4 Å². The molecule has 13 aromatic rings. The molecule has 0 N–H and O–H groups in total. The first-order valence-electron chi connectivity index (χ1n) is 37.4. The van der Waals surface area contributed by atoms with Crippen molar-refractivity contribution in [3.05, 3.63) is 258 Å². The van der Waals surface area contributed by atoms with Gasteiger partial charge in [0.15, 0.2) is 0 Å². The molecule has 1 aliphatic heterocycles. The predicted octanol–water partition coefficient (Wildman–Crippen LogP) is 20.1. The molecule has 0 fully saturated rings. The van der Waals surface area contributed by atoms with Crippen LogP contribution >= 0.6 is 0 Å². The van der Waals surface area contributed by atoms with Crippen molar-refractivity contribution in [2.45, 2.75) is 79.8 Å². The van der Waals surface area contributed by atoms with Crippen LogP contribution in [-0.4, -0.2) is 14.1 Å². The summed E-state index contributed by atoms with van der Waals surface area (Å²) in [5, 5.41) is 1.91. The van der Waals surface area contributed by atoms with Crippen molar-refractivity contribution in [3.8, 4) is 95.5 Å². The molecule has 0 amide bonds. The molecular formula is C78H66N4O. The quantitative estimate of drug-likeness (QED) is 0.118. The highest BCUT2D eigenvalue weighted by Crippen LogP contribution is 2.49. The summed E-state index contributed by atoms with van der Waals surface area (Å²) in [6.07, 6.45) is 5.37. The normalized spacial score (nSPS) is 16.3. The highest BCUT2D eigenvalue weighted by Gasteiger charge is 2.29. The summed E-state index contributed by atoms with van der Waals surface area (Å²) < 4.78 is 198. The van der Waals surface area contributed by atoms with Gasteiger partial charge in [-0.05, 0) is 205 Å². The predicted molar refractivity (Wildman–Crippen MR) is 345 cm³/mol. The van der Waals surface area contributed by atoms with E-state index in [0.717, 1.165) is 32.9 Å². The zero-order valence-corrected chi connectivity index (χ0v) is 46.4. The van der Waals surface area contributed by atoms with Gasteiger partial charge in [-0.3, -0.25) is 13.7 Å². The number of ether oxygens (including phenoxy) is 1. The van der Waals surface area contributed by atoms with Crippen LogP contribution in [0.2, 0.25) is 0 Å². The molecule has 4 heterocycles. The van der Waals surface area contributed by atoms with Gasteiger partial charge in [-0.15, -0.1) is 0 Å². The molecule has 14 rings (SSSR count). The number of nitrogens with zero attached hydrogens (tertiary/aromatic N) is 4. The first-order valence-corrected chi connectivity index (χ1v) is 27.4. The number of hydrogen-bond acceptors (Lipinski definition) is 2. The Bertz CT molecular complexity index is 5660. The Morgan fingerprint density at radius 1 is 0.470 bits per heavy atom. The van der Waals surface area contributed by atoms with Crippen molar-refractivity contribution in [1.29, 1.82) is 0 Å². The molecule has 404 valence electrons. The van der Waals surface area contributed by atoms with Crippen LogP contribution in [0.3, 0.4) is 0 Å². The largest absolute Gasteiger partial charge is 0.458 e. The summed E-state index contributed by atoms with van der Waals surface area (Å²) in [6.45, 7) is 0.594. The van der Waals surface area contributed by atoms with E-state index in [-0.39, 0.29) is 100 Å². The van der Waals surface area contributed by atoms with Crippen molar-refractivity contribution >= 4 is 32.8 Å². The molecular weight excluding hydrogens is 1010 g/mol. The number of benzene rings is 10. The molecule has 0 unspecified atom stereocenters. The van der Waals surface area contributed by atoms with E-state index in [1.54, 1.807) is 51.7 Å². The van der Waals surface area contributed by atoms with E-state index in [1.165, 1.54) is 48.5 Å². The van der Waals surface area contributed by atoms with Crippen LogP contribution in [0.15, 0.2) is 218 Å². The van der Waals surface area contributed by atoms with Crippen LogP contribution in [0.4, 0.5) is 0 Å². The van der Waals surface area contributed by atoms with E-state index in [1.807, 2.05) is 93.6 Å². The molecule has 5 nitrogen and oxygen atoms in total. The smallest absolute Gasteiger partial charge is 0.269 e. The molecule has 0 bridgehead atoms. The molecule has 83 heavy (non-hydrogen) atoms. The summed E-state index contributed by atoms with van der Waals surface area (Å²) >= 11 is 0. The minimum Gasteiger partial charge on any atom is -0.458 e. The number of aryl methyl sites for hydroxylation is 4. The Morgan fingerprint density at radius 3 is 1.69 bits per heavy atom. The SMILES string of the molecule is [2H]c1c([2H])c([2H])c2c(c1[2H])-c1cc(-c3c(C([2H])([2H])[2H])cccc3C([2H])([2H])[2H])cc(-c3ccc(C(C)(C)C)cc3)c1-[n+]1[c-]n(-c3cccc(Oc4ccc5c6ccccc6n(-c6cc(C(C)(C)C)ccn6)c5c4)c3)c3cc(-c4c(C([2H])([2H])[2H])cccc4C([2H])([2H])[2H])cc(c31)-c1c([2H])c([2H])c([2H])c([2H])c1-2. The summed E-state index contributed by atoms with van der Waals surface area (Å²) in [5.74, 6) is 1.40. The number of fused-ring (bicyclic) bond motifs is 10. The molecule has 0 radical (unpaired) electrons. The van der Waals surface area contributed by atoms with Gasteiger partial charge in [-0.25, -0.2) is 4.98 Å². The van der Waals surface area contributed by atoms with Crippen molar-refractivity contribution < 1.29 is 36.7 Å². The lowest BCUT2D eigenvalue weighted by Gasteiger charge is -2.23. The fraction of sp³-hybridized carbons (Fsp3) is 0.154. The fourth-order valence-electron chi connectivity index (χ4n) is 11.7. The van der Waals surface area contributed by atoms with Crippen molar-refractivity contribution in [1.82, 2.24) is 14.1 Å². The van der Waals surface area contributed by atoms with Gasteiger partial charge in [0.2, 0.25) is 0 Å². The van der Waals surface area contributed by atoms with Crippen LogP contribution in [0.5, 0.6) is 11.5 Å². The first-order chi connectivity index (χ1) is 48.2. The number of hydrogen-bond donors (Lipinski definition) is 0. The Labute approximate surface area is 515 Å². The molecule has 0 atom stereocenters. The van der Waals surface area contributed by atoms with Gasteiger partial charge >= 0.3 is 0 Å². The zero-order valence-electron chi connectivity index (χ0n) is 66.4. The Morgan fingerprint density at radius 2 is 1.04 bits per heavy atom. The van der Waals surface area contributed by atoms with E-state index in [4.69, 9.17) is 26.2 Å². The summed E-state index contributed by atoms with van der Waals surface area (Å²) in [6, 6.07) is 39.9. The maximum absolute atomic E-state index is 10.2. The molecule has 0 saturated carbocycles. The molecule has 0 saturated heterocycles. The topological polar surface area (TPSA) is 35.9 Å². The summed E-state index contributed by atoms with van der Waals surface area (Å²) in [4.78, 5) is 4.87. The Kier molecular flexibility index (Phi) is 8.01. The van der Waals surface area contributed by atoms with Gasteiger partial charge in [0, 0.05) is 39.5 Å². The minimum atomic E-state index is -2.98. The van der Waals surface area contributed by atoms with Gasteiger partial charge in [-0.1, -0.05) is 181 Å². The van der Waals surface area contributed by atoms with Crippen molar-refractivity contribution in [2.24, 2.45) is 0 Å². The molecule has 10 aromatic carbocycles. The van der Waals surface area contributed by atoms with E-state index in [9.17, 15) is 11.0 Å². The highest BCUT2D eigenvalue weighted by atomic mass is 16.5. The molecule has 0 aliphatic carbocycles. The average molecular weight is 1100 g/mol. The van der Waals surface area contributed by atoms with Gasteiger partial charge < -0.3 is 4.74 Å². The highest BCUT2D eigenvalue weighted by molar-refractivity contribution is 6.10. The van der Waals surface area contributed by atoms with E-state index in [0.29, 0.717) is 22.8 Å². The maximum atomic E-state index is 10.2. The number of aromatic nitrogens is 4. The summed E-state index contributed by atoms with van der Waals surface area (Å²) in [7, 11) is 0. The van der Waals surface area contributed by atoms with E-state index in [2.05, 4.69) is 37.7 Å². The molecule has 1 aliphatic rings. The third-order valence-electron chi connectivity index (χ3n) is 15.8. The second kappa shape index (κ2) is 19.6. The maximum Gasteiger partial charge on any atom is 0.269 e. The minimum absolute atomic E-state index is 0.0253. The number of para-hydroxylation sites is 1. The van der Waals surface area contributed by atoms with Crippen molar-refractivity contribution in [2.75, 3.05) is 0 Å². The number of pyridine rings is 1. The van der Waals surface area contributed by atoms with Gasteiger partial charge in [-0.2, -0.15) is 0 Å². The Hall–Kier alpha value is -9.58. The standard InChI is InChI=1S/C78H66N4O/c1-48-20-17-21-49(2)73(48)53-40-66(52-32-34-55(35-33-52)77(5,6)7)75-67(41-53)62-28-13-11-26-60(62)61-27-12-14-29-63(61)68-42-54(74-50(3)22-18-23-51(74)4)43-71-76(68)81(75)47-80(71)57-24-19-25-58(45-57)83-59-36-37-65-64-30-15-16-31-69(64)82(70(65)46-59)72-44-56(38-39-79-72)78(8,9)10/h11-46H,1-10H3/i1D3,2D3,3D3,4D3,11D,12D,13D,14D,26D,27D,28D,29D. The first kappa shape index (κ1) is 34.0. The van der Waals surface area contributed by atoms with Gasteiger partial charge in [0.1, 0.15) is 17.3 Å². The zero-order chi connectivity index (χ0) is 74.0. The lowest BCUT2D eigenvalue weighted by Crippen LogP contribution is -2.32. The average Bonchev–Trinajstić information content (AvgIpc) is 1.59. The third-order valence-corrected chi connectivity index (χ3v) is 15.8. The lowest BCUT2D eigenvalue weighted by molar-refractivity contribution is -0.570. The van der Waals surface area contributed by atoms with Crippen LogP contribution in [0.1, 0.15) is 102 Å². The number of rotatable bonds is 7. The van der Waals surface area contributed by atoms with Crippen LogP contribution < -0.4 is 9.30 Å².